The molecule has 2 atom stereocenters. The van der Waals surface area contributed by atoms with Crippen molar-refractivity contribution >= 4 is 35.9 Å². The molecule has 1 saturated heterocycles. The van der Waals surface area contributed by atoms with Gasteiger partial charge in [-0.1, -0.05) is 42.5 Å². The summed E-state index contributed by atoms with van der Waals surface area (Å²) in [6.45, 7) is 6.70. The highest BCUT2D eigenvalue weighted by Gasteiger charge is 2.39. The van der Waals surface area contributed by atoms with Gasteiger partial charge in [0.15, 0.2) is 6.04 Å². The van der Waals surface area contributed by atoms with Crippen LogP contribution >= 0.6 is 12.4 Å². The van der Waals surface area contributed by atoms with Gasteiger partial charge >= 0.3 is 11.9 Å². The number of ether oxygens (including phenoxy) is 3. The molecule has 43 heavy (non-hydrogen) atoms. The fraction of sp³-hybridized carbons (Fsp3) is 0.367. The highest BCUT2D eigenvalue weighted by Crippen LogP contribution is 2.40. The Morgan fingerprint density at radius 3 is 2.40 bits per heavy atom. The molecule has 13 heteroatoms. The van der Waals surface area contributed by atoms with Crippen LogP contribution in [0.2, 0.25) is 0 Å². The largest absolute Gasteiger partial charge is 0.466 e. The monoisotopic (exact) mass is 614 g/mol. The number of allylic oxidation sites excluding steroid dienone is 2. The van der Waals surface area contributed by atoms with Crippen molar-refractivity contribution in [3.8, 4) is 0 Å². The van der Waals surface area contributed by atoms with Crippen molar-refractivity contribution in [1.82, 2.24) is 15.5 Å². The van der Waals surface area contributed by atoms with Crippen molar-refractivity contribution in [2.24, 2.45) is 0 Å². The summed E-state index contributed by atoms with van der Waals surface area (Å²) in [6, 6.07) is 13.3. The highest BCUT2D eigenvalue weighted by atomic mass is 35.5. The third kappa shape index (κ3) is 7.98. The second-order valence-electron chi connectivity index (χ2n) is 9.92. The first-order valence-corrected chi connectivity index (χ1v) is 13.5. The van der Waals surface area contributed by atoms with Crippen molar-refractivity contribution in [3.05, 3.63) is 98.4 Å². The predicted molar refractivity (Wildman–Crippen MR) is 159 cm³/mol. The number of rotatable bonds is 10. The van der Waals surface area contributed by atoms with Crippen LogP contribution in [0, 0.1) is 10.1 Å². The van der Waals surface area contributed by atoms with E-state index in [1.165, 1.54) is 25.3 Å². The van der Waals surface area contributed by atoms with Crippen molar-refractivity contribution in [2.75, 3.05) is 46.6 Å². The molecule has 2 aliphatic heterocycles. The average Bonchev–Trinajstić information content (AvgIpc) is 3.00. The number of methoxy groups -OCH3 is 1. The third-order valence-electron chi connectivity index (χ3n) is 7.22. The number of hydrogen-bond acceptors (Lipinski definition) is 10. The number of amides is 1. The molecule has 230 valence electrons. The van der Waals surface area contributed by atoms with E-state index in [4.69, 9.17) is 14.2 Å². The molecule has 0 bridgehead atoms. The molecule has 2 heterocycles. The van der Waals surface area contributed by atoms with Crippen LogP contribution < -0.4 is 10.6 Å². The number of nitro groups is 1. The van der Waals surface area contributed by atoms with E-state index in [1.807, 2.05) is 0 Å². The lowest BCUT2D eigenvalue weighted by atomic mass is 9.79. The van der Waals surface area contributed by atoms with Crippen LogP contribution in [0.1, 0.15) is 36.9 Å². The molecular weight excluding hydrogens is 580 g/mol. The van der Waals surface area contributed by atoms with Gasteiger partial charge in [-0.05, 0) is 25.0 Å². The molecule has 0 radical (unpaired) electrons. The molecule has 0 aromatic heterocycles. The van der Waals surface area contributed by atoms with E-state index in [0.29, 0.717) is 42.3 Å². The minimum atomic E-state index is -1.15. The van der Waals surface area contributed by atoms with Gasteiger partial charge < -0.3 is 24.8 Å². The number of nitrogens with one attached hydrogen (secondary N) is 2. The van der Waals surface area contributed by atoms with Crippen LogP contribution in [-0.4, -0.2) is 74.2 Å². The quantitative estimate of drug-likeness (QED) is 0.232. The zero-order chi connectivity index (χ0) is 30.2. The zero-order valence-electron chi connectivity index (χ0n) is 24.2. The molecule has 4 rings (SSSR count). The lowest BCUT2D eigenvalue weighted by Gasteiger charge is -2.31. The number of esters is 2. The third-order valence-corrected chi connectivity index (χ3v) is 7.22. The number of carbonyl (C=O) groups excluding carboxylic acids is 3. The van der Waals surface area contributed by atoms with Crippen LogP contribution in [-0.2, 0) is 28.6 Å². The van der Waals surface area contributed by atoms with Gasteiger partial charge in [-0.25, -0.2) is 9.59 Å². The molecular formula is C30H35ClN4O8. The summed E-state index contributed by atoms with van der Waals surface area (Å²) in [6.07, 6.45) is 0. The average molecular weight is 615 g/mol. The van der Waals surface area contributed by atoms with Crippen LogP contribution in [0.5, 0.6) is 0 Å². The number of halogens is 1. The van der Waals surface area contributed by atoms with Gasteiger partial charge in [-0.2, -0.15) is 0 Å². The number of carbonyl (C=O) groups is 3. The normalized spacial score (nSPS) is 17.7. The fourth-order valence-corrected chi connectivity index (χ4v) is 5.14. The Bertz CT molecular complexity index is 1410. The fourth-order valence-electron chi connectivity index (χ4n) is 5.14. The Labute approximate surface area is 255 Å². The first-order chi connectivity index (χ1) is 20.2. The minimum Gasteiger partial charge on any atom is -0.466 e. The summed E-state index contributed by atoms with van der Waals surface area (Å²) in [7, 11) is 1.22. The zero-order valence-corrected chi connectivity index (χ0v) is 25.0. The molecule has 0 spiro atoms. The number of morpholine rings is 1. The molecule has 2 N–H and O–H groups in total. The van der Waals surface area contributed by atoms with Gasteiger partial charge in [0.2, 0.25) is 0 Å². The van der Waals surface area contributed by atoms with Crippen molar-refractivity contribution in [2.45, 2.75) is 25.8 Å². The number of non-ortho nitro benzene ring substituents is 1. The van der Waals surface area contributed by atoms with Crippen LogP contribution in [0.4, 0.5) is 5.69 Å². The Kier molecular flexibility index (Phi) is 11.8. The summed E-state index contributed by atoms with van der Waals surface area (Å²) in [5.41, 5.74) is 1.75. The smallest absolute Gasteiger partial charge is 0.336 e. The van der Waals surface area contributed by atoms with Gasteiger partial charge in [0.1, 0.15) is 6.61 Å². The highest BCUT2D eigenvalue weighted by molar-refractivity contribution is 6.03. The maximum absolute atomic E-state index is 14.0. The van der Waals surface area contributed by atoms with Gasteiger partial charge in [0, 0.05) is 48.7 Å². The lowest BCUT2D eigenvalue weighted by Crippen LogP contribution is -2.41. The maximum Gasteiger partial charge on any atom is 0.336 e. The minimum absolute atomic E-state index is 0. The standard InChI is InChI=1S/C30H34N4O8.ClH/c1-19-24(26(25(20(2)31-19)29(36)40-3)22-10-7-11-23(18-22)34(38)39)28(35)32-27(21-8-5-4-6-9-21)30(37)42-17-14-33-12-15-41-16-13-33;/h4-11,18,26-27,31H,12-17H2,1-3H3,(H,32,35);1H. The van der Waals surface area contributed by atoms with Crippen molar-refractivity contribution < 1.29 is 33.5 Å². The van der Waals surface area contributed by atoms with Gasteiger partial charge in [0.05, 0.1) is 36.7 Å². The molecule has 2 aromatic rings. The lowest BCUT2D eigenvalue weighted by molar-refractivity contribution is -0.384. The second-order valence-corrected chi connectivity index (χ2v) is 9.92. The Morgan fingerprint density at radius 1 is 1.07 bits per heavy atom. The Morgan fingerprint density at radius 2 is 1.74 bits per heavy atom. The van der Waals surface area contributed by atoms with E-state index in [-0.39, 0.29) is 35.8 Å². The van der Waals surface area contributed by atoms with E-state index in [9.17, 15) is 24.5 Å². The van der Waals surface area contributed by atoms with Crippen LogP contribution in [0.3, 0.4) is 0 Å². The number of dihydropyridines is 1. The molecule has 2 aromatic carbocycles. The van der Waals surface area contributed by atoms with Crippen LogP contribution in [0.15, 0.2) is 77.1 Å². The SMILES string of the molecule is COC(=O)C1=C(C)NC(C)=C(C(=O)NC(C(=O)OCCN2CCOCC2)c2ccccc2)C1c1cccc([N+](=O)[O-])c1.Cl. The van der Waals surface area contributed by atoms with E-state index < -0.39 is 34.7 Å². The molecule has 1 amide bonds. The molecule has 12 nitrogen and oxygen atoms in total. The molecule has 0 saturated carbocycles. The van der Waals surface area contributed by atoms with Crippen LogP contribution in [0.25, 0.3) is 0 Å². The maximum atomic E-state index is 14.0. The first kappa shape index (κ1) is 33.2. The second kappa shape index (κ2) is 15.3. The number of nitrogens with zero attached hydrogens (tertiary/aromatic N) is 2. The number of benzene rings is 2. The number of nitro benzene ring substituents is 1. The summed E-state index contributed by atoms with van der Waals surface area (Å²) >= 11 is 0. The predicted octanol–water partition coefficient (Wildman–Crippen LogP) is 3.16. The van der Waals surface area contributed by atoms with Gasteiger partial charge in [-0.15, -0.1) is 12.4 Å². The summed E-state index contributed by atoms with van der Waals surface area (Å²) in [5.74, 6) is -3.00. The molecule has 2 unspecified atom stereocenters. The molecule has 0 aliphatic carbocycles. The van der Waals surface area contributed by atoms with Crippen molar-refractivity contribution in [1.29, 1.82) is 0 Å². The molecule has 1 fully saturated rings. The number of hydrogen-bond donors (Lipinski definition) is 2. The van der Waals surface area contributed by atoms with E-state index >= 15 is 0 Å². The summed E-state index contributed by atoms with van der Waals surface area (Å²) < 4.78 is 16.0. The topological polar surface area (TPSA) is 149 Å². The summed E-state index contributed by atoms with van der Waals surface area (Å²) in [4.78, 5) is 53.5. The van der Waals surface area contributed by atoms with E-state index in [0.717, 1.165) is 13.1 Å². The van der Waals surface area contributed by atoms with Gasteiger partial charge in [-0.3, -0.25) is 19.8 Å². The van der Waals surface area contributed by atoms with Gasteiger partial charge in [0.25, 0.3) is 11.6 Å². The first-order valence-electron chi connectivity index (χ1n) is 13.5. The molecule has 2 aliphatic rings. The Balaban J connectivity index is 0.00000506. The van der Waals surface area contributed by atoms with E-state index in [1.54, 1.807) is 50.2 Å². The van der Waals surface area contributed by atoms with E-state index in [2.05, 4.69) is 15.5 Å². The van der Waals surface area contributed by atoms with Crippen molar-refractivity contribution in [3.63, 3.8) is 0 Å². The Hall–Kier alpha value is -4.26. The summed E-state index contributed by atoms with van der Waals surface area (Å²) in [5, 5.41) is 17.4.